The molecular weight excluding hydrogens is 365 g/mol. The number of nitro groups is 1. The summed E-state index contributed by atoms with van der Waals surface area (Å²) in [5.74, 6) is -0.512. The summed E-state index contributed by atoms with van der Waals surface area (Å²) in [5, 5.41) is 17.8. The van der Waals surface area contributed by atoms with Crippen molar-refractivity contribution in [1.82, 2.24) is 15.1 Å². The molecule has 140 valence electrons. The van der Waals surface area contributed by atoms with E-state index < -0.39 is 22.6 Å². The van der Waals surface area contributed by atoms with Crippen LogP contribution in [0.25, 0.3) is 10.9 Å². The summed E-state index contributed by atoms with van der Waals surface area (Å²) >= 11 is 0. The van der Waals surface area contributed by atoms with Crippen LogP contribution in [-0.2, 0) is 12.7 Å². The number of nitrogens with one attached hydrogen (secondary N) is 1. The number of hydrogen-bond acceptors (Lipinski definition) is 4. The molecule has 0 fully saturated rings. The van der Waals surface area contributed by atoms with Crippen molar-refractivity contribution in [2.75, 3.05) is 7.05 Å². The average Bonchev–Trinajstić information content (AvgIpc) is 3.03. The molecule has 0 radical (unpaired) electrons. The highest BCUT2D eigenvalue weighted by Gasteiger charge is 2.30. The number of halogens is 3. The minimum absolute atomic E-state index is 0.00288. The summed E-state index contributed by atoms with van der Waals surface area (Å²) in [7, 11) is 1.47. The summed E-state index contributed by atoms with van der Waals surface area (Å²) < 4.78 is 37.8. The number of aromatic nitrogens is 2. The van der Waals surface area contributed by atoms with Crippen LogP contribution in [0.15, 0.2) is 42.5 Å². The Morgan fingerprint density at radius 3 is 2.48 bits per heavy atom. The number of amides is 1. The van der Waals surface area contributed by atoms with Gasteiger partial charge in [0, 0.05) is 31.1 Å². The van der Waals surface area contributed by atoms with Gasteiger partial charge >= 0.3 is 6.18 Å². The summed E-state index contributed by atoms with van der Waals surface area (Å²) in [5.41, 5.74) is 0.0221. The van der Waals surface area contributed by atoms with Crippen molar-refractivity contribution in [3.8, 4) is 0 Å². The normalized spacial score (nSPS) is 11.6. The van der Waals surface area contributed by atoms with E-state index in [-0.39, 0.29) is 17.9 Å². The number of H-pyrrole nitrogens is 1. The number of carbonyl (C=O) groups is 1. The Balaban J connectivity index is 1.82. The lowest BCUT2D eigenvalue weighted by atomic mass is 10.1. The Morgan fingerprint density at radius 2 is 1.89 bits per heavy atom. The monoisotopic (exact) mass is 378 g/mol. The second-order valence-corrected chi connectivity index (χ2v) is 5.92. The third-order valence-electron chi connectivity index (χ3n) is 4.01. The van der Waals surface area contributed by atoms with Gasteiger partial charge in [-0.25, -0.2) is 0 Å². The molecule has 7 nitrogen and oxygen atoms in total. The Morgan fingerprint density at radius 1 is 1.22 bits per heavy atom. The van der Waals surface area contributed by atoms with Crippen LogP contribution in [0.1, 0.15) is 21.6 Å². The molecule has 0 unspecified atom stereocenters. The van der Waals surface area contributed by atoms with Gasteiger partial charge in [0.2, 0.25) is 0 Å². The number of carbonyl (C=O) groups excluding carboxylic acids is 1. The van der Waals surface area contributed by atoms with Gasteiger partial charge < -0.3 is 4.90 Å². The molecule has 1 heterocycles. The van der Waals surface area contributed by atoms with E-state index in [1.54, 1.807) is 0 Å². The van der Waals surface area contributed by atoms with Crippen LogP contribution in [-0.4, -0.2) is 33.0 Å². The second-order valence-electron chi connectivity index (χ2n) is 5.92. The predicted molar refractivity (Wildman–Crippen MR) is 90.0 cm³/mol. The van der Waals surface area contributed by atoms with Gasteiger partial charge in [0.05, 0.1) is 16.0 Å². The molecule has 1 amide bonds. The summed E-state index contributed by atoms with van der Waals surface area (Å²) in [6, 6.07) is 8.47. The predicted octanol–water partition coefficient (Wildman–Crippen LogP) is 3.76. The van der Waals surface area contributed by atoms with E-state index in [4.69, 9.17) is 0 Å². The maximum atomic E-state index is 12.6. The molecule has 2 aromatic carbocycles. The number of nitrogens with zero attached hydrogens (tertiary/aromatic N) is 3. The van der Waals surface area contributed by atoms with Crippen molar-refractivity contribution in [2.24, 2.45) is 0 Å². The van der Waals surface area contributed by atoms with Crippen LogP contribution in [0.3, 0.4) is 0 Å². The van der Waals surface area contributed by atoms with Gasteiger partial charge in [-0.05, 0) is 23.8 Å². The van der Waals surface area contributed by atoms with Gasteiger partial charge in [-0.3, -0.25) is 20.0 Å². The van der Waals surface area contributed by atoms with Gasteiger partial charge in [-0.15, -0.1) is 0 Å². The lowest BCUT2D eigenvalue weighted by Crippen LogP contribution is -2.26. The first kappa shape index (κ1) is 18.4. The molecule has 3 rings (SSSR count). The number of hydrogen-bond donors (Lipinski definition) is 1. The van der Waals surface area contributed by atoms with E-state index in [0.717, 1.165) is 12.1 Å². The maximum absolute atomic E-state index is 12.6. The number of benzene rings is 2. The largest absolute Gasteiger partial charge is 0.416 e. The van der Waals surface area contributed by atoms with Crippen molar-refractivity contribution in [1.29, 1.82) is 0 Å². The quantitative estimate of drug-likeness (QED) is 0.553. The van der Waals surface area contributed by atoms with Crippen LogP contribution in [0, 0.1) is 10.1 Å². The Bertz CT molecular complexity index is 1010. The third kappa shape index (κ3) is 3.73. The highest BCUT2D eigenvalue weighted by Crippen LogP contribution is 2.29. The molecule has 0 aliphatic carbocycles. The zero-order valence-electron chi connectivity index (χ0n) is 13.9. The average molecular weight is 378 g/mol. The van der Waals surface area contributed by atoms with Crippen LogP contribution in [0.5, 0.6) is 0 Å². The second kappa shape index (κ2) is 6.71. The van der Waals surface area contributed by atoms with Crippen LogP contribution in [0.4, 0.5) is 18.9 Å². The SMILES string of the molecule is CN(Cc1ccc(C(F)(F)F)cc1)C(=O)c1n[nH]c2ccc([N+](=O)[O-])cc12. The van der Waals surface area contributed by atoms with Crippen molar-refractivity contribution in [3.63, 3.8) is 0 Å². The lowest BCUT2D eigenvalue weighted by molar-refractivity contribution is -0.384. The van der Waals surface area contributed by atoms with Gasteiger partial charge in [0.25, 0.3) is 11.6 Å². The van der Waals surface area contributed by atoms with Gasteiger partial charge in [0.15, 0.2) is 5.69 Å². The zero-order valence-corrected chi connectivity index (χ0v) is 13.9. The number of alkyl halides is 3. The molecule has 0 spiro atoms. The van der Waals surface area contributed by atoms with Crippen LogP contribution < -0.4 is 0 Å². The van der Waals surface area contributed by atoms with Gasteiger partial charge in [-0.1, -0.05) is 12.1 Å². The standard InChI is InChI=1S/C17H13F3N4O3/c1-23(9-10-2-4-11(5-3-10)17(18,19)20)16(25)15-13-8-12(24(26)27)6-7-14(13)21-22-15/h2-8H,9H2,1H3,(H,21,22). The van der Waals surface area contributed by atoms with Crippen LogP contribution in [0.2, 0.25) is 0 Å². The van der Waals surface area contributed by atoms with Crippen molar-refractivity contribution in [2.45, 2.75) is 12.7 Å². The van der Waals surface area contributed by atoms with Gasteiger partial charge in [-0.2, -0.15) is 18.3 Å². The molecular formula is C17H13F3N4O3. The fourth-order valence-electron chi connectivity index (χ4n) is 2.60. The van der Waals surface area contributed by atoms with Crippen molar-refractivity contribution >= 4 is 22.5 Å². The topological polar surface area (TPSA) is 92.1 Å². The molecule has 0 atom stereocenters. The molecule has 0 aliphatic heterocycles. The van der Waals surface area contributed by atoms with Crippen molar-refractivity contribution in [3.05, 3.63) is 69.4 Å². The minimum Gasteiger partial charge on any atom is -0.336 e. The zero-order chi connectivity index (χ0) is 19.8. The molecule has 27 heavy (non-hydrogen) atoms. The van der Waals surface area contributed by atoms with Crippen LogP contribution >= 0.6 is 0 Å². The first-order valence-corrected chi connectivity index (χ1v) is 7.71. The molecule has 0 saturated carbocycles. The summed E-state index contributed by atoms with van der Waals surface area (Å²) in [6.45, 7) is 0.0558. The summed E-state index contributed by atoms with van der Waals surface area (Å²) in [6.07, 6.45) is -4.43. The van der Waals surface area contributed by atoms with Gasteiger partial charge in [0.1, 0.15) is 0 Å². The molecule has 0 saturated heterocycles. The molecule has 0 bridgehead atoms. The number of aromatic amines is 1. The molecule has 3 aromatic rings. The fraction of sp³-hybridized carbons (Fsp3) is 0.176. The third-order valence-corrected chi connectivity index (χ3v) is 4.01. The number of non-ortho nitro benzene ring substituents is 1. The maximum Gasteiger partial charge on any atom is 0.416 e. The minimum atomic E-state index is -4.43. The Hall–Kier alpha value is -3.43. The van der Waals surface area contributed by atoms with E-state index in [9.17, 15) is 28.1 Å². The molecule has 0 aliphatic rings. The summed E-state index contributed by atoms with van der Waals surface area (Å²) in [4.78, 5) is 24.2. The van der Waals surface area contributed by atoms with E-state index in [1.165, 1.54) is 42.3 Å². The smallest absolute Gasteiger partial charge is 0.336 e. The first-order valence-electron chi connectivity index (χ1n) is 7.71. The highest BCUT2D eigenvalue weighted by molar-refractivity contribution is 6.05. The molecule has 10 heteroatoms. The fourth-order valence-corrected chi connectivity index (χ4v) is 2.60. The van der Waals surface area contributed by atoms with E-state index in [2.05, 4.69) is 10.2 Å². The highest BCUT2D eigenvalue weighted by atomic mass is 19.4. The number of rotatable bonds is 4. The lowest BCUT2D eigenvalue weighted by Gasteiger charge is -2.16. The number of nitro benzene ring substituents is 1. The Kier molecular flexibility index (Phi) is 4.56. The van der Waals surface area contributed by atoms with E-state index in [1.807, 2.05) is 0 Å². The van der Waals surface area contributed by atoms with E-state index >= 15 is 0 Å². The molecule has 1 aromatic heterocycles. The van der Waals surface area contributed by atoms with Crippen molar-refractivity contribution < 1.29 is 22.9 Å². The molecule has 1 N–H and O–H groups in total. The number of fused-ring (bicyclic) bond motifs is 1. The van der Waals surface area contributed by atoms with E-state index in [0.29, 0.717) is 16.5 Å². The Labute approximate surface area is 150 Å². The first-order chi connectivity index (χ1) is 12.7.